The van der Waals surface area contributed by atoms with Gasteiger partial charge in [0.05, 0.1) is 0 Å². The molecule has 3 nitrogen and oxygen atoms in total. The Morgan fingerprint density at radius 2 is 2.17 bits per heavy atom. The molecule has 1 aromatic carbocycles. The Kier molecular flexibility index (Phi) is 4.63. The first-order valence-electron chi connectivity index (χ1n) is 5.54. The Morgan fingerprint density at radius 1 is 1.50 bits per heavy atom. The Bertz CT molecular complexity index is 484. The molecule has 0 fully saturated rings. The average molecular weight is 266 g/mol. The van der Waals surface area contributed by atoms with E-state index in [9.17, 15) is 4.79 Å². The Balaban J connectivity index is 2.77. The van der Waals surface area contributed by atoms with Crippen molar-refractivity contribution in [3.05, 3.63) is 28.8 Å². The summed E-state index contributed by atoms with van der Waals surface area (Å²) in [4.78, 5) is 11.6. The molecule has 18 heavy (non-hydrogen) atoms. The number of terminal acetylenes is 1. The SMILES string of the molecule is C#CCc1cc(NC(=O)OC(C)(C)C)ccc1Cl. The quantitative estimate of drug-likeness (QED) is 0.825. The second kappa shape index (κ2) is 5.79. The van der Waals surface area contributed by atoms with E-state index < -0.39 is 11.7 Å². The number of carbonyl (C=O) groups is 1. The predicted molar refractivity (Wildman–Crippen MR) is 73.8 cm³/mol. The van der Waals surface area contributed by atoms with Gasteiger partial charge >= 0.3 is 6.09 Å². The molecule has 1 N–H and O–H groups in total. The molecule has 0 saturated heterocycles. The first-order chi connectivity index (χ1) is 8.31. The number of nitrogens with one attached hydrogen (secondary N) is 1. The summed E-state index contributed by atoms with van der Waals surface area (Å²) < 4.78 is 5.15. The van der Waals surface area contributed by atoms with Crippen LogP contribution in [0.25, 0.3) is 0 Å². The smallest absolute Gasteiger partial charge is 0.412 e. The highest BCUT2D eigenvalue weighted by Gasteiger charge is 2.16. The summed E-state index contributed by atoms with van der Waals surface area (Å²) in [6, 6.07) is 5.14. The monoisotopic (exact) mass is 265 g/mol. The first kappa shape index (κ1) is 14.4. The molecule has 0 spiro atoms. The number of anilines is 1. The minimum Gasteiger partial charge on any atom is -0.444 e. The third-order valence-corrected chi connectivity index (χ3v) is 2.35. The predicted octanol–water partition coefficient (Wildman–Crippen LogP) is 3.86. The largest absolute Gasteiger partial charge is 0.444 e. The molecule has 0 bridgehead atoms. The van der Waals surface area contributed by atoms with Gasteiger partial charge in [-0.05, 0) is 44.5 Å². The van der Waals surface area contributed by atoms with Crippen LogP contribution in [0, 0.1) is 12.3 Å². The number of halogens is 1. The molecule has 1 rings (SSSR count). The molecule has 0 heterocycles. The van der Waals surface area contributed by atoms with Gasteiger partial charge in [-0.15, -0.1) is 12.3 Å². The van der Waals surface area contributed by atoms with Crippen LogP contribution in [0.1, 0.15) is 26.3 Å². The zero-order chi connectivity index (χ0) is 13.8. The minimum atomic E-state index is -0.530. The molecule has 0 atom stereocenters. The molecule has 0 aromatic heterocycles. The van der Waals surface area contributed by atoms with E-state index in [-0.39, 0.29) is 0 Å². The summed E-state index contributed by atoms with van der Waals surface area (Å²) in [6.07, 6.45) is 5.16. The van der Waals surface area contributed by atoms with Crippen molar-refractivity contribution >= 4 is 23.4 Å². The number of amides is 1. The van der Waals surface area contributed by atoms with Crippen LogP contribution < -0.4 is 5.32 Å². The van der Waals surface area contributed by atoms with Gasteiger partial charge in [-0.25, -0.2) is 4.79 Å². The fourth-order valence-electron chi connectivity index (χ4n) is 1.32. The maximum atomic E-state index is 11.6. The summed E-state index contributed by atoms with van der Waals surface area (Å²) in [5.41, 5.74) is 0.879. The molecular formula is C14H16ClNO2. The molecular weight excluding hydrogens is 250 g/mol. The second-order valence-corrected chi connectivity index (χ2v) is 5.22. The Labute approximate surface area is 112 Å². The molecule has 0 unspecified atom stereocenters. The van der Waals surface area contributed by atoms with E-state index in [2.05, 4.69) is 11.2 Å². The zero-order valence-electron chi connectivity index (χ0n) is 10.7. The lowest BCUT2D eigenvalue weighted by atomic mass is 10.1. The van der Waals surface area contributed by atoms with Crippen molar-refractivity contribution in [1.29, 1.82) is 0 Å². The van der Waals surface area contributed by atoms with E-state index in [0.29, 0.717) is 17.1 Å². The number of rotatable bonds is 2. The lowest BCUT2D eigenvalue weighted by molar-refractivity contribution is 0.0636. The van der Waals surface area contributed by atoms with Crippen LogP contribution in [0.2, 0.25) is 5.02 Å². The molecule has 0 aliphatic rings. The maximum Gasteiger partial charge on any atom is 0.412 e. The van der Waals surface area contributed by atoms with Gasteiger partial charge in [0, 0.05) is 17.1 Å². The van der Waals surface area contributed by atoms with E-state index in [1.54, 1.807) is 39.0 Å². The van der Waals surface area contributed by atoms with Crippen LogP contribution >= 0.6 is 11.6 Å². The summed E-state index contributed by atoms with van der Waals surface area (Å²) in [5.74, 6) is 2.52. The van der Waals surface area contributed by atoms with Crippen molar-refractivity contribution in [2.45, 2.75) is 32.8 Å². The van der Waals surface area contributed by atoms with Crippen molar-refractivity contribution in [1.82, 2.24) is 0 Å². The number of hydrogen-bond donors (Lipinski definition) is 1. The van der Waals surface area contributed by atoms with Crippen molar-refractivity contribution in [2.75, 3.05) is 5.32 Å². The van der Waals surface area contributed by atoms with E-state index in [1.807, 2.05) is 0 Å². The van der Waals surface area contributed by atoms with Gasteiger partial charge in [-0.2, -0.15) is 0 Å². The second-order valence-electron chi connectivity index (χ2n) is 4.81. The standard InChI is InChI=1S/C14H16ClNO2/c1-5-6-10-9-11(7-8-12(10)15)16-13(17)18-14(2,3)4/h1,7-9H,6H2,2-4H3,(H,16,17). The fraction of sp³-hybridized carbons (Fsp3) is 0.357. The highest BCUT2D eigenvalue weighted by molar-refractivity contribution is 6.31. The van der Waals surface area contributed by atoms with E-state index in [0.717, 1.165) is 5.56 Å². The molecule has 4 heteroatoms. The number of ether oxygens (including phenoxy) is 1. The van der Waals surface area contributed by atoms with Gasteiger partial charge in [-0.3, -0.25) is 5.32 Å². The van der Waals surface area contributed by atoms with Gasteiger partial charge < -0.3 is 4.74 Å². The molecule has 0 saturated carbocycles. The third kappa shape index (κ3) is 4.68. The molecule has 0 aliphatic heterocycles. The van der Waals surface area contributed by atoms with Gasteiger partial charge in [0.1, 0.15) is 5.60 Å². The first-order valence-corrected chi connectivity index (χ1v) is 5.91. The highest BCUT2D eigenvalue weighted by Crippen LogP contribution is 2.21. The van der Waals surface area contributed by atoms with Gasteiger partial charge in [0.2, 0.25) is 0 Å². The third-order valence-electron chi connectivity index (χ3n) is 1.98. The van der Waals surface area contributed by atoms with Crippen molar-refractivity contribution in [2.24, 2.45) is 0 Å². The van der Waals surface area contributed by atoms with Crippen molar-refractivity contribution in [3.63, 3.8) is 0 Å². The molecule has 0 radical (unpaired) electrons. The van der Waals surface area contributed by atoms with E-state index in [1.165, 1.54) is 0 Å². The summed E-state index contributed by atoms with van der Waals surface area (Å²) >= 11 is 5.98. The van der Waals surface area contributed by atoms with Crippen LogP contribution in [-0.4, -0.2) is 11.7 Å². The van der Waals surface area contributed by atoms with E-state index in [4.69, 9.17) is 22.8 Å². The summed E-state index contributed by atoms with van der Waals surface area (Å²) in [7, 11) is 0. The normalized spacial score (nSPS) is 10.6. The van der Waals surface area contributed by atoms with Crippen molar-refractivity contribution in [3.8, 4) is 12.3 Å². The van der Waals surface area contributed by atoms with Crippen LogP contribution in [0.5, 0.6) is 0 Å². The Morgan fingerprint density at radius 3 is 2.72 bits per heavy atom. The summed E-state index contributed by atoms with van der Waals surface area (Å²) in [5, 5.41) is 3.22. The fourth-order valence-corrected chi connectivity index (χ4v) is 1.50. The van der Waals surface area contributed by atoms with Crippen molar-refractivity contribution < 1.29 is 9.53 Å². The molecule has 96 valence electrons. The summed E-state index contributed by atoms with van der Waals surface area (Å²) in [6.45, 7) is 5.41. The molecule has 1 amide bonds. The lowest BCUT2D eigenvalue weighted by Crippen LogP contribution is -2.27. The van der Waals surface area contributed by atoms with Crippen LogP contribution in [-0.2, 0) is 11.2 Å². The molecule has 1 aromatic rings. The Hall–Kier alpha value is -1.66. The maximum absolute atomic E-state index is 11.6. The van der Waals surface area contributed by atoms with Crippen LogP contribution in [0.15, 0.2) is 18.2 Å². The van der Waals surface area contributed by atoms with Gasteiger partial charge in [0.25, 0.3) is 0 Å². The number of hydrogen-bond acceptors (Lipinski definition) is 2. The van der Waals surface area contributed by atoms with Crippen LogP contribution in [0.4, 0.5) is 10.5 Å². The topological polar surface area (TPSA) is 38.3 Å². The average Bonchev–Trinajstić information content (AvgIpc) is 2.20. The van der Waals surface area contributed by atoms with Crippen LogP contribution in [0.3, 0.4) is 0 Å². The highest BCUT2D eigenvalue weighted by atomic mass is 35.5. The zero-order valence-corrected chi connectivity index (χ0v) is 11.5. The van der Waals surface area contributed by atoms with E-state index >= 15 is 0 Å². The lowest BCUT2D eigenvalue weighted by Gasteiger charge is -2.19. The number of carbonyl (C=O) groups excluding carboxylic acids is 1. The molecule has 0 aliphatic carbocycles. The minimum absolute atomic E-state index is 0.419. The van der Waals surface area contributed by atoms with Gasteiger partial charge in [0.15, 0.2) is 0 Å². The number of benzene rings is 1. The van der Waals surface area contributed by atoms with Gasteiger partial charge in [-0.1, -0.05) is 11.6 Å².